The molecule has 1 atom stereocenters. The summed E-state index contributed by atoms with van der Waals surface area (Å²) in [5, 5.41) is 8.94. The first-order valence-corrected chi connectivity index (χ1v) is 8.15. The Morgan fingerprint density at radius 2 is 1.70 bits per heavy atom. The summed E-state index contributed by atoms with van der Waals surface area (Å²) in [5.41, 5.74) is 0.217. The Kier molecular flexibility index (Phi) is 4.44. The lowest BCUT2D eigenvalue weighted by atomic mass is 10.1. The number of hydrogen-bond donors (Lipinski definition) is 0. The predicted molar refractivity (Wildman–Crippen MR) is 95.9 cm³/mol. The average molecular weight is 371 g/mol. The fourth-order valence-corrected chi connectivity index (χ4v) is 3.11. The molecule has 1 fully saturated rings. The number of alkyl halides is 3. The monoisotopic (exact) mass is 371 g/mol. The highest BCUT2D eigenvalue weighted by atomic mass is 19.4. The van der Waals surface area contributed by atoms with Crippen molar-refractivity contribution in [3.05, 3.63) is 71.6 Å². The molecule has 0 spiro atoms. The lowest BCUT2D eigenvalue weighted by molar-refractivity contribution is -0.137. The van der Waals surface area contributed by atoms with Gasteiger partial charge in [-0.05, 0) is 44.2 Å². The summed E-state index contributed by atoms with van der Waals surface area (Å²) in [4.78, 5) is 15.6. The average Bonchev–Trinajstić information content (AvgIpc) is 2.84. The Hall–Kier alpha value is -3.27. The number of carbonyl (C=O) groups excluding carboxylic acids is 1. The molecule has 0 N–H and O–H groups in total. The molecule has 27 heavy (non-hydrogen) atoms. The maximum Gasteiger partial charge on any atom is 0.417 e. The van der Waals surface area contributed by atoms with E-state index in [1.165, 1.54) is 12.1 Å². The number of benzene rings is 2. The minimum absolute atomic E-state index is 0.0257. The summed E-state index contributed by atoms with van der Waals surface area (Å²) >= 11 is 0. The van der Waals surface area contributed by atoms with Gasteiger partial charge in [-0.15, -0.1) is 0 Å². The minimum Gasteiger partial charge on any atom is -0.316 e. The molecule has 138 valence electrons. The number of rotatable bonds is 2. The van der Waals surface area contributed by atoms with Crippen LogP contribution in [0.15, 0.2) is 54.9 Å². The zero-order valence-corrected chi connectivity index (χ0v) is 14.7. The summed E-state index contributed by atoms with van der Waals surface area (Å²) in [7, 11) is 0. The van der Waals surface area contributed by atoms with E-state index in [9.17, 15) is 18.0 Å². The molecular formula is C20H16F3N3O. The van der Waals surface area contributed by atoms with E-state index in [0.717, 1.165) is 28.3 Å². The van der Waals surface area contributed by atoms with Crippen LogP contribution in [0.3, 0.4) is 0 Å². The Morgan fingerprint density at radius 3 is 2.26 bits per heavy atom. The second-order valence-electron chi connectivity index (χ2n) is 6.31. The van der Waals surface area contributed by atoms with Crippen LogP contribution in [0.1, 0.15) is 23.6 Å². The van der Waals surface area contributed by atoms with Crippen LogP contribution in [0.25, 0.3) is 0 Å². The van der Waals surface area contributed by atoms with Crippen LogP contribution in [0.5, 0.6) is 0 Å². The van der Waals surface area contributed by atoms with Crippen molar-refractivity contribution in [1.29, 1.82) is 5.26 Å². The number of carbonyl (C=O) groups is 1. The molecule has 4 nitrogen and oxygen atoms in total. The first-order valence-electron chi connectivity index (χ1n) is 8.15. The van der Waals surface area contributed by atoms with Crippen LogP contribution in [0, 0.1) is 18.3 Å². The number of hydrogen-bond acceptors (Lipinski definition) is 3. The predicted octanol–water partition coefficient (Wildman–Crippen LogP) is 4.60. The molecular weight excluding hydrogens is 355 g/mol. The molecule has 1 aliphatic rings. The quantitative estimate of drug-likeness (QED) is 0.775. The van der Waals surface area contributed by atoms with E-state index in [-0.39, 0.29) is 11.5 Å². The Bertz CT molecular complexity index is 958. The second-order valence-corrected chi connectivity index (χ2v) is 6.31. The van der Waals surface area contributed by atoms with Gasteiger partial charge in [-0.25, -0.2) is 0 Å². The van der Waals surface area contributed by atoms with Crippen molar-refractivity contribution in [3.8, 4) is 6.07 Å². The van der Waals surface area contributed by atoms with Crippen LogP contribution in [-0.4, -0.2) is 11.9 Å². The van der Waals surface area contributed by atoms with Gasteiger partial charge >= 0.3 is 6.18 Å². The number of nitrogens with zero attached hydrogens (tertiary/aromatic N) is 3. The van der Waals surface area contributed by atoms with Crippen LogP contribution in [0.4, 0.5) is 24.5 Å². The molecule has 1 heterocycles. The smallest absolute Gasteiger partial charge is 0.316 e. The Morgan fingerprint density at radius 1 is 1.11 bits per heavy atom. The summed E-state index contributed by atoms with van der Waals surface area (Å²) in [6.07, 6.45) is -4.70. The van der Waals surface area contributed by atoms with Crippen molar-refractivity contribution in [1.82, 2.24) is 0 Å². The first-order chi connectivity index (χ1) is 12.6. The first kappa shape index (κ1) is 18.5. The van der Waals surface area contributed by atoms with E-state index in [2.05, 4.69) is 6.58 Å². The molecule has 3 rings (SSSR count). The summed E-state index contributed by atoms with van der Waals surface area (Å²) < 4.78 is 39.8. The fraction of sp³-hybridized carbons (Fsp3) is 0.200. The van der Waals surface area contributed by atoms with Crippen molar-refractivity contribution in [2.45, 2.75) is 26.1 Å². The molecule has 0 aliphatic carbocycles. The second kappa shape index (κ2) is 6.47. The molecule has 1 amide bonds. The van der Waals surface area contributed by atoms with Crippen LogP contribution in [0.2, 0.25) is 0 Å². The van der Waals surface area contributed by atoms with Crippen molar-refractivity contribution in [2.24, 2.45) is 0 Å². The third-order valence-electron chi connectivity index (χ3n) is 4.50. The highest BCUT2D eigenvalue weighted by Gasteiger charge is 2.41. The van der Waals surface area contributed by atoms with Gasteiger partial charge in [0.2, 0.25) is 0 Å². The van der Waals surface area contributed by atoms with Gasteiger partial charge in [0.15, 0.2) is 0 Å². The summed E-state index contributed by atoms with van der Waals surface area (Å²) in [6, 6.07) is 11.5. The van der Waals surface area contributed by atoms with Crippen molar-refractivity contribution in [2.75, 3.05) is 9.80 Å². The van der Waals surface area contributed by atoms with Crippen LogP contribution >= 0.6 is 0 Å². The third-order valence-corrected chi connectivity index (χ3v) is 4.50. The van der Waals surface area contributed by atoms with E-state index < -0.39 is 29.3 Å². The lowest BCUT2D eigenvalue weighted by Crippen LogP contribution is -2.29. The summed E-state index contributed by atoms with van der Waals surface area (Å²) in [6.45, 7) is 7.51. The molecule has 0 bridgehead atoms. The van der Waals surface area contributed by atoms with Gasteiger partial charge in [-0.3, -0.25) is 9.69 Å². The fourth-order valence-electron chi connectivity index (χ4n) is 3.11. The van der Waals surface area contributed by atoms with Crippen LogP contribution in [-0.2, 0) is 11.0 Å². The maximum atomic E-state index is 13.3. The van der Waals surface area contributed by atoms with E-state index in [1.807, 2.05) is 31.2 Å². The molecule has 7 heteroatoms. The SMILES string of the molecule is C=C1N(c2ccc(C#N)c(C(F)(F)F)c2)C(=O)C(C)N1c1ccc(C)cc1. The molecule has 2 aromatic rings. The molecule has 1 saturated heterocycles. The van der Waals surface area contributed by atoms with E-state index in [0.29, 0.717) is 0 Å². The minimum atomic E-state index is -4.70. The van der Waals surface area contributed by atoms with Gasteiger partial charge in [0.25, 0.3) is 5.91 Å². The third kappa shape index (κ3) is 3.14. The highest BCUT2D eigenvalue weighted by Crippen LogP contribution is 2.38. The molecule has 0 radical (unpaired) electrons. The number of amides is 1. The van der Waals surface area contributed by atoms with Gasteiger partial charge in [-0.2, -0.15) is 18.4 Å². The molecule has 1 unspecified atom stereocenters. The van der Waals surface area contributed by atoms with Crippen molar-refractivity contribution < 1.29 is 18.0 Å². The zero-order chi connectivity index (χ0) is 19.9. The number of nitriles is 1. The topological polar surface area (TPSA) is 47.3 Å². The molecule has 0 saturated carbocycles. The maximum absolute atomic E-state index is 13.3. The lowest BCUT2D eigenvalue weighted by Gasteiger charge is -2.24. The number of aryl methyl sites for hydroxylation is 1. The molecule has 0 aromatic heterocycles. The largest absolute Gasteiger partial charge is 0.417 e. The molecule has 2 aromatic carbocycles. The van der Waals surface area contributed by atoms with E-state index in [4.69, 9.17) is 5.26 Å². The van der Waals surface area contributed by atoms with Gasteiger partial charge in [0.1, 0.15) is 11.9 Å². The van der Waals surface area contributed by atoms with Gasteiger partial charge < -0.3 is 4.90 Å². The normalized spacial score (nSPS) is 17.4. The van der Waals surface area contributed by atoms with E-state index in [1.54, 1.807) is 11.8 Å². The zero-order valence-electron chi connectivity index (χ0n) is 14.7. The van der Waals surface area contributed by atoms with Crippen LogP contribution < -0.4 is 9.80 Å². The Labute approximate surface area is 154 Å². The molecule has 1 aliphatic heterocycles. The van der Waals surface area contributed by atoms with E-state index >= 15 is 0 Å². The number of anilines is 2. The standard InChI is InChI=1S/C20H16F3N3O/c1-12-4-7-16(8-5-12)25-13(2)19(27)26(14(25)3)17-9-6-15(11-24)18(10-17)20(21,22)23/h4-10,13H,3H2,1-2H3. The summed E-state index contributed by atoms with van der Waals surface area (Å²) in [5.74, 6) is -0.132. The van der Waals surface area contributed by atoms with Gasteiger partial charge in [0.05, 0.1) is 22.9 Å². The van der Waals surface area contributed by atoms with Gasteiger partial charge in [0, 0.05) is 5.69 Å². The Balaban J connectivity index is 2.05. The van der Waals surface area contributed by atoms with Crippen molar-refractivity contribution in [3.63, 3.8) is 0 Å². The number of halogens is 3. The highest BCUT2D eigenvalue weighted by molar-refractivity contribution is 6.06. The van der Waals surface area contributed by atoms with Crippen molar-refractivity contribution >= 4 is 17.3 Å². The van der Waals surface area contributed by atoms with Gasteiger partial charge in [-0.1, -0.05) is 24.3 Å².